The van der Waals surface area contributed by atoms with E-state index in [0.29, 0.717) is 11.1 Å². The fourth-order valence-electron chi connectivity index (χ4n) is 2.20. The highest BCUT2D eigenvalue weighted by Crippen LogP contribution is 2.13. The molecule has 0 spiro atoms. The smallest absolute Gasteiger partial charge is 0.260 e. The van der Waals surface area contributed by atoms with Gasteiger partial charge in [0.2, 0.25) is 0 Å². The van der Waals surface area contributed by atoms with Crippen molar-refractivity contribution in [3.05, 3.63) is 77.0 Å². The second-order valence-electron chi connectivity index (χ2n) is 5.54. The number of allylic oxidation sites excluding steroid dienone is 3. The van der Waals surface area contributed by atoms with E-state index in [1.54, 1.807) is 53.2 Å². The molecule has 0 saturated heterocycles. The number of benzene rings is 1. The molecule has 1 aromatic heterocycles. The van der Waals surface area contributed by atoms with E-state index in [1.165, 1.54) is 6.08 Å². The van der Waals surface area contributed by atoms with Gasteiger partial charge in [0.05, 0.1) is 17.2 Å². The first-order chi connectivity index (χ1) is 12.5. The van der Waals surface area contributed by atoms with E-state index < -0.39 is 0 Å². The van der Waals surface area contributed by atoms with E-state index >= 15 is 0 Å². The molecular weight excluding hydrogens is 326 g/mol. The number of hydrogen-bond acceptors (Lipinski definition) is 4. The van der Waals surface area contributed by atoms with Crippen molar-refractivity contribution in [2.45, 2.75) is 0 Å². The zero-order valence-electron chi connectivity index (χ0n) is 14.3. The Morgan fingerprint density at radius 1 is 1.12 bits per heavy atom. The zero-order valence-corrected chi connectivity index (χ0v) is 14.3. The van der Waals surface area contributed by atoms with E-state index in [1.807, 2.05) is 37.2 Å². The van der Waals surface area contributed by atoms with Gasteiger partial charge >= 0.3 is 0 Å². The highest BCUT2D eigenvalue weighted by Gasteiger charge is 2.22. The van der Waals surface area contributed by atoms with E-state index in [2.05, 4.69) is 0 Å². The van der Waals surface area contributed by atoms with Crippen molar-refractivity contribution in [3.8, 4) is 12.1 Å². The van der Waals surface area contributed by atoms with Crippen LogP contribution in [0.5, 0.6) is 0 Å². The molecule has 0 atom stereocenters. The van der Waals surface area contributed by atoms with Crippen molar-refractivity contribution in [3.63, 3.8) is 0 Å². The maximum Gasteiger partial charge on any atom is 0.260 e. The number of Topliss-reactive ketones (excluding diaryl/α,β-unsaturated/α-hetero) is 1. The number of hydrogen-bond donors (Lipinski definition) is 0. The molecule has 2 aromatic rings. The van der Waals surface area contributed by atoms with Gasteiger partial charge in [-0.2, -0.15) is 15.1 Å². The van der Waals surface area contributed by atoms with Gasteiger partial charge in [0.25, 0.3) is 11.5 Å². The first-order valence-electron chi connectivity index (χ1n) is 7.63. The number of pyridine rings is 1. The highest BCUT2D eigenvalue weighted by atomic mass is 16.1. The summed E-state index contributed by atoms with van der Waals surface area (Å²) in [5.41, 5.74) is 1.73. The highest BCUT2D eigenvalue weighted by molar-refractivity contribution is 6.22. The molecular formula is C20H15N5O. The second kappa shape index (κ2) is 8.21. The third-order valence-corrected chi connectivity index (χ3v) is 3.64. The van der Waals surface area contributed by atoms with Crippen molar-refractivity contribution < 1.29 is 9.36 Å². The molecule has 2 rings (SSSR count). The van der Waals surface area contributed by atoms with Gasteiger partial charge < -0.3 is 10.3 Å². The molecule has 26 heavy (non-hydrogen) atoms. The van der Waals surface area contributed by atoms with Gasteiger partial charge in [-0.25, -0.2) is 0 Å². The summed E-state index contributed by atoms with van der Waals surface area (Å²) in [4.78, 5) is 14.8. The van der Waals surface area contributed by atoms with Gasteiger partial charge in [0.15, 0.2) is 12.4 Å². The summed E-state index contributed by atoms with van der Waals surface area (Å²) in [5.74, 6) is 1.41. The lowest BCUT2D eigenvalue weighted by molar-refractivity contribution is -0.576. The third-order valence-electron chi connectivity index (χ3n) is 3.64. The van der Waals surface area contributed by atoms with Crippen LogP contribution in [-0.2, 0) is 0 Å². The molecule has 0 aliphatic heterocycles. The minimum Gasteiger partial charge on any atom is -0.762 e. The molecule has 126 valence electrons. The largest absolute Gasteiger partial charge is 0.762 e. The van der Waals surface area contributed by atoms with Gasteiger partial charge in [-0.3, -0.25) is 10.7 Å². The van der Waals surface area contributed by atoms with Crippen LogP contribution < -0.4 is 9.47 Å². The second-order valence-corrected chi connectivity index (χ2v) is 5.54. The molecule has 0 radical (unpaired) electrons. The molecule has 6 nitrogen and oxygen atoms in total. The molecule has 0 saturated carbocycles. The molecule has 0 aliphatic rings. The van der Waals surface area contributed by atoms with Gasteiger partial charge in [-0.05, 0) is 24.3 Å². The number of nitriles is 2. The molecule has 0 unspecified atom stereocenters. The predicted molar refractivity (Wildman–Crippen MR) is 98.2 cm³/mol. The molecule has 0 N–H and O–H groups in total. The zero-order chi connectivity index (χ0) is 19.1. The Hall–Kier alpha value is -3.99. The van der Waals surface area contributed by atoms with Crippen LogP contribution >= 0.6 is 0 Å². The van der Waals surface area contributed by atoms with Crippen LogP contribution in [0.4, 0.5) is 5.69 Å². The first kappa shape index (κ1) is 18.4. The SMILES string of the molecule is CN(C)c1cc[n+](/C(=C\C(=C=[N-])C#N)C(=O)c2ccc(C#N)cc2)cc1. The Morgan fingerprint density at radius 3 is 2.19 bits per heavy atom. The van der Waals surface area contributed by atoms with Crippen LogP contribution in [0.3, 0.4) is 0 Å². The molecule has 0 bridgehead atoms. The standard InChI is InChI=1S/C20H15N5O/c1-24(2)18-7-9-25(10-8-18)19(11-16(13-22)14-23)20(26)17-5-3-15(12-21)4-6-17/h3-11H,1-2H3/b19-11-. The number of rotatable bonds is 5. The Morgan fingerprint density at radius 2 is 1.73 bits per heavy atom. The fraction of sp³-hybridized carbons (Fsp3) is 0.100. The average molecular weight is 341 g/mol. The molecule has 6 heteroatoms. The Balaban J connectivity index is 2.53. The summed E-state index contributed by atoms with van der Waals surface area (Å²) in [6.07, 6.45) is 4.64. The molecule has 1 heterocycles. The van der Waals surface area contributed by atoms with Gasteiger partial charge in [-0.15, -0.1) is 0 Å². The van der Waals surface area contributed by atoms with Crippen molar-refractivity contribution in [1.82, 2.24) is 0 Å². The van der Waals surface area contributed by atoms with E-state index in [-0.39, 0.29) is 17.1 Å². The number of aromatic nitrogens is 1. The quantitative estimate of drug-likeness (QED) is 0.208. The van der Waals surface area contributed by atoms with Crippen LogP contribution in [0.15, 0.2) is 60.4 Å². The van der Waals surface area contributed by atoms with E-state index in [0.717, 1.165) is 5.69 Å². The van der Waals surface area contributed by atoms with E-state index in [9.17, 15) is 4.79 Å². The first-order valence-corrected chi connectivity index (χ1v) is 7.63. The van der Waals surface area contributed by atoms with Crippen molar-refractivity contribution in [2.24, 2.45) is 0 Å². The number of nitrogens with zero attached hydrogens (tertiary/aromatic N) is 5. The Labute approximate surface area is 151 Å². The molecule has 0 amide bonds. The number of carbonyl (C=O) groups excluding carboxylic acids is 1. The monoisotopic (exact) mass is 341 g/mol. The maximum absolute atomic E-state index is 12.9. The summed E-state index contributed by atoms with van der Waals surface area (Å²) in [7, 11) is 3.80. The lowest BCUT2D eigenvalue weighted by Crippen LogP contribution is -2.36. The normalized spacial score (nSPS) is 10.2. The van der Waals surface area contributed by atoms with Gasteiger partial charge in [-0.1, -0.05) is 0 Å². The summed E-state index contributed by atoms with van der Waals surface area (Å²) >= 11 is 0. The van der Waals surface area contributed by atoms with Gasteiger partial charge in [0, 0.05) is 43.6 Å². The third kappa shape index (κ3) is 4.10. The predicted octanol–water partition coefficient (Wildman–Crippen LogP) is 2.32. The molecule has 0 fully saturated rings. The topological polar surface area (TPSA) is 94.1 Å². The maximum atomic E-state index is 12.9. The molecule has 1 aromatic carbocycles. The number of anilines is 1. The molecule has 0 aliphatic carbocycles. The number of carbonyl (C=O) groups is 1. The summed E-state index contributed by atoms with van der Waals surface area (Å²) in [5, 5.41) is 27.0. The lowest BCUT2D eigenvalue weighted by Gasteiger charge is -2.10. The lowest BCUT2D eigenvalue weighted by atomic mass is 10.0. The van der Waals surface area contributed by atoms with Crippen molar-refractivity contribution in [1.29, 1.82) is 10.5 Å². The fourth-order valence-corrected chi connectivity index (χ4v) is 2.20. The van der Waals surface area contributed by atoms with Crippen molar-refractivity contribution in [2.75, 3.05) is 19.0 Å². The van der Waals surface area contributed by atoms with Crippen LogP contribution in [0, 0.1) is 22.7 Å². The van der Waals surface area contributed by atoms with E-state index in [4.69, 9.17) is 15.9 Å². The summed E-state index contributed by atoms with van der Waals surface area (Å²) < 4.78 is 1.56. The van der Waals surface area contributed by atoms with Crippen LogP contribution in [0.25, 0.3) is 11.1 Å². The summed E-state index contributed by atoms with van der Waals surface area (Å²) in [6.45, 7) is 0. The van der Waals surface area contributed by atoms with Crippen molar-refractivity contribution >= 4 is 23.0 Å². The average Bonchev–Trinajstić information content (AvgIpc) is 2.68. The van der Waals surface area contributed by atoms with Crippen LogP contribution in [-0.4, -0.2) is 25.7 Å². The Kier molecular flexibility index (Phi) is 5.79. The summed E-state index contributed by atoms with van der Waals surface area (Å²) in [6, 6.07) is 13.6. The number of ketones is 1. The van der Waals surface area contributed by atoms with Crippen LogP contribution in [0.2, 0.25) is 0 Å². The Bertz CT molecular complexity index is 980. The van der Waals surface area contributed by atoms with Crippen LogP contribution in [0.1, 0.15) is 15.9 Å². The minimum atomic E-state index is -0.361. The van der Waals surface area contributed by atoms with Gasteiger partial charge in [0.1, 0.15) is 6.07 Å². The minimum absolute atomic E-state index is 0.165.